The number of hydrogen-bond acceptors (Lipinski definition) is 3. The molecule has 0 aliphatic heterocycles. The number of amides is 3. The first-order valence-corrected chi connectivity index (χ1v) is 6.67. The minimum atomic E-state index is -0.706. The molecule has 0 fully saturated rings. The molecule has 0 saturated heterocycles. The molecular weight excluding hydrogens is 274 g/mol. The van der Waals surface area contributed by atoms with E-state index in [1.807, 2.05) is 19.9 Å². The molecule has 0 spiro atoms. The Bertz CT molecular complexity index is 434. The third kappa shape index (κ3) is 4.54. The van der Waals surface area contributed by atoms with Gasteiger partial charge in [-0.3, -0.25) is 4.79 Å². The monoisotopic (exact) mass is 289 g/mol. The molecule has 0 radical (unpaired) electrons. The second kappa shape index (κ2) is 6.61. The molecule has 1 aromatic heterocycles. The summed E-state index contributed by atoms with van der Waals surface area (Å²) in [4.78, 5) is 23.7. The van der Waals surface area contributed by atoms with Crippen LogP contribution in [-0.4, -0.2) is 18.0 Å². The van der Waals surface area contributed by atoms with Crippen LogP contribution in [0.3, 0.4) is 0 Å². The third-order valence-corrected chi connectivity index (χ3v) is 3.54. The lowest BCUT2D eigenvalue weighted by Crippen LogP contribution is -2.51. The molecule has 18 heavy (non-hydrogen) atoms. The van der Waals surface area contributed by atoms with Crippen LogP contribution in [0.25, 0.3) is 0 Å². The van der Waals surface area contributed by atoms with Crippen molar-refractivity contribution in [3.63, 3.8) is 0 Å². The number of nitrogens with two attached hydrogens (primary N) is 1. The molecule has 1 heterocycles. The van der Waals surface area contributed by atoms with E-state index in [0.29, 0.717) is 10.9 Å². The van der Waals surface area contributed by atoms with Crippen LogP contribution in [0, 0.1) is 5.92 Å². The van der Waals surface area contributed by atoms with Crippen LogP contribution < -0.4 is 16.4 Å². The van der Waals surface area contributed by atoms with Crippen LogP contribution in [-0.2, 0) is 11.3 Å². The first-order valence-electron chi connectivity index (χ1n) is 5.48. The van der Waals surface area contributed by atoms with Gasteiger partial charge >= 0.3 is 6.03 Å². The zero-order chi connectivity index (χ0) is 13.7. The molecule has 4 N–H and O–H groups in total. The Morgan fingerprint density at radius 1 is 1.44 bits per heavy atom. The molecule has 5 nitrogen and oxygen atoms in total. The number of halogens is 1. The highest BCUT2D eigenvalue weighted by molar-refractivity contribution is 7.16. The number of nitrogens with one attached hydrogen (secondary N) is 2. The standard InChI is InChI=1S/C11H16ClN3O2S/c1-6(2)9(15-11(13)17)10(16)14-5-7-3-4-8(12)18-7/h3-4,6,9H,5H2,1-2H3,(H,14,16)(H3,13,15,17)/t9-/m1/s1. The van der Waals surface area contributed by atoms with Crippen LogP contribution in [0.15, 0.2) is 12.1 Å². The number of carbonyl (C=O) groups excluding carboxylic acids is 2. The maximum absolute atomic E-state index is 11.9. The molecule has 0 aliphatic rings. The minimum absolute atomic E-state index is 0.0376. The van der Waals surface area contributed by atoms with Gasteiger partial charge in [-0.2, -0.15) is 0 Å². The smallest absolute Gasteiger partial charge is 0.312 e. The minimum Gasteiger partial charge on any atom is -0.352 e. The molecule has 3 amide bonds. The Hall–Kier alpha value is -1.27. The van der Waals surface area contributed by atoms with Crippen LogP contribution in [0.4, 0.5) is 4.79 Å². The lowest BCUT2D eigenvalue weighted by atomic mass is 10.0. The number of thiophene rings is 1. The van der Waals surface area contributed by atoms with Gasteiger partial charge in [-0.05, 0) is 18.1 Å². The Balaban J connectivity index is 2.53. The average Bonchev–Trinajstić information content (AvgIpc) is 2.68. The Labute approximate surface area is 115 Å². The van der Waals surface area contributed by atoms with E-state index in [2.05, 4.69) is 10.6 Å². The zero-order valence-corrected chi connectivity index (χ0v) is 11.8. The van der Waals surface area contributed by atoms with E-state index < -0.39 is 12.1 Å². The van der Waals surface area contributed by atoms with Gasteiger partial charge in [-0.1, -0.05) is 25.4 Å². The van der Waals surface area contributed by atoms with E-state index >= 15 is 0 Å². The number of primary amides is 1. The van der Waals surface area contributed by atoms with E-state index in [1.54, 1.807) is 6.07 Å². The molecule has 0 bridgehead atoms. The highest BCUT2D eigenvalue weighted by atomic mass is 35.5. The molecule has 0 unspecified atom stereocenters. The summed E-state index contributed by atoms with van der Waals surface area (Å²) in [6.45, 7) is 4.06. The topological polar surface area (TPSA) is 84.2 Å². The van der Waals surface area contributed by atoms with Gasteiger partial charge in [0.1, 0.15) is 6.04 Å². The fraction of sp³-hybridized carbons (Fsp3) is 0.455. The Morgan fingerprint density at radius 2 is 2.11 bits per heavy atom. The van der Waals surface area contributed by atoms with E-state index in [4.69, 9.17) is 17.3 Å². The van der Waals surface area contributed by atoms with Gasteiger partial charge in [0.2, 0.25) is 5.91 Å². The maximum Gasteiger partial charge on any atom is 0.312 e. The highest BCUT2D eigenvalue weighted by Gasteiger charge is 2.22. The first-order chi connectivity index (χ1) is 8.40. The fourth-order valence-corrected chi connectivity index (χ4v) is 2.45. The van der Waals surface area contributed by atoms with Crippen molar-refractivity contribution in [2.75, 3.05) is 0 Å². The van der Waals surface area contributed by atoms with Crippen molar-refractivity contribution in [2.45, 2.75) is 26.4 Å². The molecule has 0 saturated carbocycles. The quantitative estimate of drug-likeness (QED) is 0.771. The molecule has 1 atom stereocenters. The predicted molar refractivity (Wildman–Crippen MR) is 72.5 cm³/mol. The molecule has 1 aromatic rings. The summed E-state index contributed by atoms with van der Waals surface area (Å²) >= 11 is 7.19. The molecular formula is C11H16ClN3O2S. The summed E-state index contributed by atoms with van der Waals surface area (Å²) in [7, 11) is 0. The van der Waals surface area contributed by atoms with Crippen molar-refractivity contribution in [3.8, 4) is 0 Å². The number of carbonyl (C=O) groups is 2. The summed E-state index contributed by atoms with van der Waals surface area (Å²) in [6.07, 6.45) is 0. The number of hydrogen-bond donors (Lipinski definition) is 3. The lowest BCUT2D eigenvalue weighted by Gasteiger charge is -2.20. The predicted octanol–water partition coefficient (Wildman–Crippen LogP) is 1.71. The van der Waals surface area contributed by atoms with Gasteiger partial charge in [0, 0.05) is 4.88 Å². The summed E-state index contributed by atoms with van der Waals surface area (Å²) in [5.74, 6) is -0.294. The van der Waals surface area contributed by atoms with Crippen molar-refractivity contribution < 1.29 is 9.59 Å². The van der Waals surface area contributed by atoms with Crippen LogP contribution in [0.1, 0.15) is 18.7 Å². The molecule has 7 heteroatoms. The number of rotatable bonds is 5. The van der Waals surface area contributed by atoms with E-state index in [0.717, 1.165) is 4.88 Å². The largest absolute Gasteiger partial charge is 0.352 e. The van der Waals surface area contributed by atoms with Gasteiger partial charge in [0.05, 0.1) is 10.9 Å². The Kier molecular flexibility index (Phi) is 5.43. The molecule has 100 valence electrons. The average molecular weight is 290 g/mol. The second-order valence-electron chi connectivity index (χ2n) is 4.15. The van der Waals surface area contributed by atoms with Crippen molar-refractivity contribution in [2.24, 2.45) is 11.7 Å². The Morgan fingerprint density at radius 3 is 2.56 bits per heavy atom. The van der Waals surface area contributed by atoms with Crippen LogP contribution in [0.2, 0.25) is 4.34 Å². The van der Waals surface area contributed by atoms with Gasteiger partial charge in [0.25, 0.3) is 0 Å². The molecule has 0 aromatic carbocycles. The van der Waals surface area contributed by atoms with Gasteiger partial charge in [0.15, 0.2) is 0 Å². The van der Waals surface area contributed by atoms with Crippen molar-refractivity contribution in [1.82, 2.24) is 10.6 Å². The summed E-state index contributed by atoms with van der Waals surface area (Å²) < 4.78 is 0.676. The van der Waals surface area contributed by atoms with Gasteiger partial charge in [-0.15, -0.1) is 11.3 Å². The van der Waals surface area contributed by atoms with Gasteiger partial charge in [-0.25, -0.2) is 4.79 Å². The van der Waals surface area contributed by atoms with Crippen molar-refractivity contribution in [3.05, 3.63) is 21.3 Å². The van der Waals surface area contributed by atoms with E-state index in [1.165, 1.54) is 11.3 Å². The van der Waals surface area contributed by atoms with Crippen LogP contribution >= 0.6 is 22.9 Å². The summed E-state index contributed by atoms with van der Waals surface area (Å²) in [6, 6.07) is 2.29. The van der Waals surface area contributed by atoms with Crippen molar-refractivity contribution >= 4 is 34.9 Å². The van der Waals surface area contributed by atoms with E-state index in [-0.39, 0.29) is 11.8 Å². The lowest BCUT2D eigenvalue weighted by molar-refractivity contribution is -0.124. The van der Waals surface area contributed by atoms with Crippen molar-refractivity contribution in [1.29, 1.82) is 0 Å². The third-order valence-electron chi connectivity index (χ3n) is 2.31. The van der Waals surface area contributed by atoms with Crippen LogP contribution in [0.5, 0.6) is 0 Å². The summed E-state index contributed by atoms with van der Waals surface area (Å²) in [5, 5.41) is 5.17. The summed E-state index contributed by atoms with van der Waals surface area (Å²) in [5.41, 5.74) is 5.03. The maximum atomic E-state index is 11.9. The van der Waals surface area contributed by atoms with Gasteiger partial charge < -0.3 is 16.4 Å². The second-order valence-corrected chi connectivity index (χ2v) is 5.95. The SMILES string of the molecule is CC(C)[C@@H](NC(N)=O)C(=O)NCc1ccc(Cl)s1. The molecule has 1 rings (SSSR count). The highest BCUT2D eigenvalue weighted by Crippen LogP contribution is 2.21. The molecule has 0 aliphatic carbocycles. The normalized spacial score (nSPS) is 12.2. The van der Waals surface area contributed by atoms with E-state index in [9.17, 15) is 9.59 Å². The zero-order valence-electron chi connectivity index (χ0n) is 10.2. The fourth-order valence-electron chi connectivity index (χ4n) is 1.42. The number of urea groups is 1. The first kappa shape index (κ1) is 14.8.